The van der Waals surface area contributed by atoms with Gasteiger partial charge in [-0.05, 0) is 76.8 Å². The van der Waals surface area contributed by atoms with Crippen molar-refractivity contribution >= 4 is 68.1 Å². The van der Waals surface area contributed by atoms with Crippen molar-refractivity contribution in [2.75, 3.05) is 30.8 Å². The van der Waals surface area contributed by atoms with E-state index >= 15 is 0 Å². The van der Waals surface area contributed by atoms with Gasteiger partial charge in [0.2, 0.25) is 0 Å². The van der Waals surface area contributed by atoms with E-state index in [4.69, 9.17) is 38.4 Å². The molecule has 3 aromatic carbocycles. The van der Waals surface area contributed by atoms with Gasteiger partial charge in [-0.3, -0.25) is 9.69 Å². The third-order valence-electron chi connectivity index (χ3n) is 7.23. The Balaban J connectivity index is 1.30. The molecule has 41 heavy (non-hydrogen) atoms. The molecule has 4 rings (SSSR count). The monoisotopic (exact) mass is 661 g/mol. The first-order valence-electron chi connectivity index (χ1n) is 13.7. The Bertz CT molecular complexity index is 1360. The van der Waals surface area contributed by atoms with E-state index in [0.29, 0.717) is 55.3 Å². The van der Waals surface area contributed by atoms with Crippen LogP contribution in [0.2, 0.25) is 10.0 Å². The van der Waals surface area contributed by atoms with E-state index in [1.807, 2.05) is 24.3 Å². The molecule has 0 unspecified atom stereocenters. The summed E-state index contributed by atoms with van der Waals surface area (Å²) in [4.78, 5) is 27.8. The Hall–Kier alpha value is -2.78. The molecule has 7 nitrogen and oxygen atoms in total. The normalized spacial score (nSPS) is 13.4. The molecular formula is C31H34BrCl2N3O4. The van der Waals surface area contributed by atoms with Gasteiger partial charge in [-0.25, -0.2) is 4.79 Å². The van der Waals surface area contributed by atoms with Crippen molar-refractivity contribution in [3.05, 3.63) is 85.8 Å². The highest BCUT2D eigenvalue weighted by Gasteiger charge is 2.23. The molecule has 1 aliphatic rings. The van der Waals surface area contributed by atoms with Gasteiger partial charge in [0.25, 0.3) is 0 Å². The highest BCUT2D eigenvalue weighted by atomic mass is 79.9. The molecule has 0 aliphatic heterocycles. The number of carbonyl (C=O) groups excluding carboxylic acids is 2. The number of hydrogen-bond acceptors (Lipinski definition) is 7. The van der Waals surface area contributed by atoms with Gasteiger partial charge < -0.3 is 20.5 Å². The van der Waals surface area contributed by atoms with E-state index in [2.05, 4.69) is 33.1 Å². The van der Waals surface area contributed by atoms with E-state index < -0.39 is 11.9 Å². The molecule has 3 N–H and O–H groups in total. The molecular weight excluding hydrogens is 629 g/mol. The second-order valence-corrected chi connectivity index (χ2v) is 11.6. The van der Waals surface area contributed by atoms with Gasteiger partial charge in [0.1, 0.15) is 13.2 Å². The lowest BCUT2D eigenvalue weighted by Gasteiger charge is -2.28. The molecule has 0 bridgehead atoms. The van der Waals surface area contributed by atoms with Crippen LogP contribution in [0.25, 0.3) is 0 Å². The minimum atomic E-state index is -0.502. The average molecular weight is 663 g/mol. The molecule has 0 atom stereocenters. The molecule has 0 amide bonds. The van der Waals surface area contributed by atoms with Crippen LogP contribution in [0, 0.1) is 0 Å². The topological polar surface area (TPSA) is 93.9 Å². The molecule has 0 heterocycles. The lowest BCUT2D eigenvalue weighted by Crippen LogP contribution is -2.32. The van der Waals surface area contributed by atoms with Crippen LogP contribution in [0.3, 0.4) is 0 Å². The number of esters is 2. The van der Waals surface area contributed by atoms with Crippen LogP contribution in [0.15, 0.2) is 59.1 Å². The highest BCUT2D eigenvalue weighted by molar-refractivity contribution is 9.10. The highest BCUT2D eigenvalue weighted by Crippen LogP contribution is 2.34. The molecule has 218 valence electrons. The fourth-order valence-electron chi connectivity index (χ4n) is 5.04. The predicted octanol–water partition coefficient (Wildman–Crippen LogP) is 7.79. The summed E-state index contributed by atoms with van der Waals surface area (Å²) in [5, 5.41) is 4.13. The first-order chi connectivity index (χ1) is 19.8. The lowest BCUT2D eigenvalue weighted by molar-refractivity contribution is -0.143. The zero-order valence-corrected chi connectivity index (χ0v) is 26.0. The van der Waals surface area contributed by atoms with E-state index in [-0.39, 0.29) is 19.6 Å². The average Bonchev–Trinajstić information content (AvgIpc) is 3.49. The van der Waals surface area contributed by atoms with Gasteiger partial charge in [-0.15, -0.1) is 0 Å². The van der Waals surface area contributed by atoms with Crippen LogP contribution >= 0.6 is 39.1 Å². The third kappa shape index (κ3) is 8.38. The number of anilines is 3. The number of hydrogen-bond donors (Lipinski definition) is 2. The molecule has 10 heteroatoms. The number of nitrogens with zero attached hydrogens (tertiary/aromatic N) is 1. The summed E-state index contributed by atoms with van der Waals surface area (Å²) in [7, 11) is 0. The summed E-state index contributed by atoms with van der Waals surface area (Å²) < 4.78 is 11.4. The van der Waals surface area contributed by atoms with E-state index in [9.17, 15) is 9.59 Å². The SMILES string of the molecule is CCN(Cc1cc(C(=O)OCCOC(=O)Cc2ccccc2Nc2c(Cl)cccc2Cl)cc(Br)c1N)C1CCCC1. The van der Waals surface area contributed by atoms with Gasteiger partial charge in [0.05, 0.1) is 33.4 Å². The fraction of sp³-hybridized carbons (Fsp3) is 0.355. The van der Waals surface area contributed by atoms with Gasteiger partial charge in [0, 0.05) is 22.7 Å². The fourth-order valence-corrected chi connectivity index (χ4v) is 6.03. The Morgan fingerprint density at radius 1 is 1.00 bits per heavy atom. The van der Waals surface area contributed by atoms with Gasteiger partial charge in [-0.1, -0.05) is 67.2 Å². The van der Waals surface area contributed by atoms with Crippen molar-refractivity contribution in [2.24, 2.45) is 0 Å². The Kier molecular flexibility index (Phi) is 11.3. The van der Waals surface area contributed by atoms with E-state index in [0.717, 1.165) is 12.1 Å². The predicted molar refractivity (Wildman–Crippen MR) is 168 cm³/mol. The first kappa shape index (κ1) is 31.2. The van der Waals surface area contributed by atoms with Crippen molar-refractivity contribution in [1.29, 1.82) is 0 Å². The summed E-state index contributed by atoms with van der Waals surface area (Å²) in [6.07, 6.45) is 4.89. The molecule has 1 fully saturated rings. The van der Waals surface area contributed by atoms with E-state index in [1.54, 1.807) is 30.3 Å². The van der Waals surface area contributed by atoms with Gasteiger partial charge in [-0.2, -0.15) is 0 Å². The number of benzene rings is 3. The zero-order chi connectivity index (χ0) is 29.4. The van der Waals surface area contributed by atoms with Crippen LogP contribution in [0.4, 0.5) is 17.1 Å². The number of para-hydroxylation sites is 2. The van der Waals surface area contributed by atoms with Crippen LogP contribution in [-0.4, -0.2) is 42.6 Å². The van der Waals surface area contributed by atoms with Crippen molar-refractivity contribution in [3.8, 4) is 0 Å². The second-order valence-electron chi connectivity index (χ2n) is 9.94. The Labute approximate surface area is 259 Å². The number of ether oxygens (including phenoxy) is 2. The van der Waals surface area contributed by atoms with Crippen LogP contribution in [0.5, 0.6) is 0 Å². The summed E-state index contributed by atoms with van der Waals surface area (Å²) in [6, 6.07) is 16.5. The van der Waals surface area contributed by atoms with Gasteiger partial charge >= 0.3 is 11.9 Å². The minimum Gasteiger partial charge on any atom is -0.462 e. The Morgan fingerprint density at radius 2 is 1.68 bits per heavy atom. The smallest absolute Gasteiger partial charge is 0.338 e. The number of rotatable bonds is 12. The number of nitrogens with one attached hydrogen (secondary N) is 1. The maximum absolute atomic E-state index is 12.8. The zero-order valence-electron chi connectivity index (χ0n) is 22.9. The number of halogens is 3. The molecule has 1 saturated carbocycles. The summed E-state index contributed by atoms with van der Waals surface area (Å²) in [6.45, 7) is 3.59. The van der Waals surface area contributed by atoms with Gasteiger partial charge in [0.15, 0.2) is 0 Å². The van der Waals surface area contributed by atoms with Crippen molar-refractivity contribution in [1.82, 2.24) is 4.90 Å². The molecule has 0 spiro atoms. The molecule has 3 aromatic rings. The molecule has 0 aromatic heterocycles. The van der Waals surface area contributed by atoms with Crippen molar-refractivity contribution < 1.29 is 19.1 Å². The lowest BCUT2D eigenvalue weighted by atomic mass is 10.1. The quantitative estimate of drug-likeness (QED) is 0.116. The standard InChI is InChI=1S/C31H34BrCl2N3O4/c1-2-37(23-9-4-5-10-23)19-22-16-21(17-24(32)29(22)35)31(39)41-15-14-40-28(38)18-20-8-3-6-13-27(20)36-30-25(33)11-7-12-26(30)34/h3,6-8,11-13,16-17,23,36H,2,4-5,9-10,14-15,18-19,35H2,1H3. The summed E-state index contributed by atoms with van der Waals surface area (Å²) >= 11 is 16.0. The first-order valence-corrected chi connectivity index (χ1v) is 15.2. The third-order valence-corrected chi connectivity index (χ3v) is 8.51. The molecule has 0 saturated heterocycles. The summed E-state index contributed by atoms with van der Waals surface area (Å²) in [5.41, 5.74) is 10.2. The molecule has 1 aliphatic carbocycles. The van der Waals surface area contributed by atoms with Crippen LogP contribution in [0.1, 0.15) is 54.1 Å². The van der Waals surface area contributed by atoms with Crippen molar-refractivity contribution in [3.63, 3.8) is 0 Å². The summed E-state index contributed by atoms with van der Waals surface area (Å²) in [5.74, 6) is -0.956. The second kappa shape index (κ2) is 14.9. The Morgan fingerprint density at radius 3 is 2.39 bits per heavy atom. The minimum absolute atomic E-state index is 0.0163. The maximum Gasteiger partial charge on any atom is 0.338 e. The number of nitrogen functional groups attached to an aromatic ring is 1. The van der Waals surface area contributed by atoms with Crippen LogP contribution in [-0.2, 0) is 27.2 Å². The van der Waals surface area contributed by atoms with Crippen LogP contribution < -0.4 is 11.1 Å². The number of carbonyl (C=O) groups is 2. The number of nitrogens with two attached hydrogens (primary N) is 1. The van der Waals surface area contributed by atoms with Crippen molar-refractivity contribution in [2.45, 2.75) is 51.6 Å². The van der Waals surface area contributed by atoms with E-state index in [1.165, 1.54) is 25.7 Å². The largest absolute Gasteiger partial charge is 0.462 e. The maximum atomic E-state index is 12.8. The molecule has 0 radical (unpaired) electrons.